The molecule has 2 aliphatic rings. The zero-order chi connectivity index (χ0) is 32.6. The smallest absolute Gasteiger partial charge is 0.152 e. The van der Waals surface area contributed by atoms with Gasteiger partial charge in [-0.05, 0) is 58.3 Å². The minimum atomic E-state index is -0.296. The van der Waals surface area contributed by atoms with Crippen molar-refractivity contribution < 1.29 is 4.74 Å². The van der Waals surface area contributed by atoms with Gasteiger partial charge in [0.1, 0.15) is 12.1 Å². The fraction of sp³-hybridized carbons (Fsp3) is 0.0698. The maximum atomic E-state index is 10.7. The normalized spacial score (nSPS) is 13.8. The number of ether oxygens (including phenoxy) is 1. The summed E-state index contributed by atoms with van der Waals surface area (Å²) in [4.78, 5) is 4.36. The lowest BCUT2D eigenvalue weighted by atomic mass is 9.72. The number of fused-ring (bicyclic) bond motifs is 8. The van der Waals surface area contributed by atoms with Crippen molar-refractivity contribution in [3.8, 4) is 23.6 Å². The first-order chi connectivity index (χ1) is 23.5. The molecular formula is C43H28N4O. The van der Waals surface area contributed by atoms with Crippen molar-refractivity contribution in [2.75, 3.05) is 9.80 Å². The van der Waals surface area contributed by atoms with Gasteiger partial charge in [0.25, 0.3) is 0 Å². The van der Waals surface area contributed by atoms with Crippen molar-refractivity contribution in [2.45, 2.75) is 19.3 Å². The highest BCUT2D eigenvalue weighted by Gasteiger charge is 2.39. The second-order valence-corrected chi connectivity index (χ2v) is 12.8. The highest BCUT2D eigenvalue weighted by molar-refractivity contribution is 6.07. The van der Waals surface area contributed by atoms with Crippen molar-refractivity contribution >= 4 is 55.7 Å². The SMILES string of the molecule is CC1(C)c2ccccc2N(c2cc(N3c4ccccc4Oc4ccc5ccccc5c43)c(C#N)cc2C#N)c2c1ccc1ccccc21. The second-order valence-electron chi connectivity index (χ2n) is 12.8. The van der Waals surface area contributed by atoms with Crippen LogP contribution in [-0.2, 0) is 5.41 Å². The Balaban J connectivity index is 1.40. The highest BCUT2D eigenvalue weighted by Crippen LogP contribution is 2.57. The van der Waals surface area contributed by atoms with Crippen LogP contribution in [0.25, 0.3) is 21.5 Å². The minimum absolute atomic E-state index is 0.296. The molecule has 5 nitrogen and oxygen atoms in total. The number of nitrogens with zero attached hydrogens (tertiary/aromatic N) is 4. The van der Waals surface area contributed by atoms with E-state index in [9.17, 15) is 10.5 Å². The summed E-state index contributed by atoms with van der Waals surface area (Å²) in [6.07, 6.45) is 0. The predicted molar refractivity (Wildman–Crippen MR) is 192 cm³/mol. The molecule has 0 bridgehead atoms. The summed E-state index contributed by atoms with van der Waals surface area (Å²) in [5, 5.41) is 25.7. The number of para-hydroxylation sites is 3. The van der Waals surface area contributed by atoms with Crippen LogP contribution < -0.4 is 14.5 Å². The van der Waals surface area contributed by atoms with Crippen LogP contribution in [0.1, 0.15) is 36.1 Å². The van der Waals surface area contributed by atoms with Crippen LogP contribution in [0.3, 0.4) is 0 Å². The molecule has 0 amide bonds. The Hall–Kier alpha value is -6.56. The number of hydrogen-bond acceptors (Lipinski definition) is 5. The lowest BCUT2D eigenvalue weighted by molar-refractivity contribution is 0.478. The quantitative estimate of drug-likeness (QED) is 0.193. The summed E-state index contributed by atoms with van der Waals surface area (Å²) < 4.78 is 6.48. The average Bonchev–Trinajstić information content (AvgIpc) is 3.13. The summed E-state index contributed by atoms with van der Waals surface area (Å²) in [5.41, 5.74) is 7.95. The van der Waals surface area contributed by atoms with E-state index >= 15 is 0 Å². The summed E-state index contributed by atoms with van der Waals surface area (Å²) in [6.45, 7) is 4.53. The van der Waals surface area contributed by atoms with E-state index in [1.54, 1.807) is 6.07 Å². The van der Waals surface area contributed by atoms with Gasteiger partial charge in [-0.15, -0.1) is 0 Å². The van der Waals surface area contributed by atoms with Gasteiger partial charge >= 0.3 is 0 Å². The fourth-order valence-corrected chi connectivity index (χ4v) is 7.61. The maximum absolute atomic E-state index is 10.7. The van der Waals surface area contributed by atoms with Crippen LogP contribution in [0.4, 0.5) is 34.1 Å². The molecule has 2 aliphatic heterocycles. The Kier molecular flexibility index (Phi) is 5.91. The molecule has 0 aliphatic carbocycles. The third kappa shape index (κ3) is 3.82. The maximum Gasteiger partial charge on any atom is 0.152 e. The molecule has 0 aromatic heterocycles. The number of anilines is 6. The van der Waals surface area contributed by atoms with Crippen molar-refractivity contribution in [3.05, 3.63) is 156 Å². The summed E-state index contributed by atoms with van der Waals surface area (Å²) >= 11 is 0. The van der Waals surface area contributed by atoms with Crippen molar-refractivity contribution in [3.63, 3.8) is 0 Å². The molecule has 0 unspecified atom stereocenters. The van der Waals surface area contributed by atoms with E-state index in [0.29, 0.717) is 34.0 Å². The third-order valence-electron chi connectivity index (χ3n) is 9.87. The van der Waals surface area contributed by atoms with E-state index in [1.165, 1.54) is 5.56 Å². The fourth-order valence-electron chi connectivity index (χ4n) is 7.61. The van der Waals surface area contributed by atoms with Crippen LogP contribution in [-0.4, -0.2) is 0 Å². The topological polar surface area (TPSA) is 63.3 Å². The Labute approximate surface area is 278 Å². The van der Waals surface area contributed by atoms with E-state index in [0.717, 1.165) is 49.9 Å². The Bertz CT molecular complexity index is 2570. The predicted octanol–water partition coefficient (Wildman–Crippen LogP) is 11.4. The largest absolute Gasteiger partial charge is 0.453 e. The summed E-state index contributed by atoms with van der Waals surface area (Å²) in [7, 11) is 0. The van der Waals surface area contributed by atoms with Gasteiger partial charge in [-0.1, -0.05) is 111 Å². The number of benzene rings is 7. The summed E-state index contributed by atoms with van der Waals surface area (Å²) in [6, 6.07) is 50.0. The number of rotatable bonds is 2. The molecule has 0 saturated heterocycles. The van der Waals surface area contributed by atoms with Crippen molar-refractivity contribution in [2.24, 2.45) is 0 Å². The van der Waals surface area contributed by atoms with Crippen molar-refractivity contribution in [1.29, 1.82) is 10.5 Å². The number of hydrogen-bond donors (Lipinski definition) is 0. The van der Waals surface area contributed by atoms with Gasteiger partial charge in [0.15, 0.2) is 11.5 Å². The molecule has 7 aromatic carbocycles. The van der Waals surface area contributed by atoms with Crippen LogP contribution in [0, 0.1) is 22.7 Å². The zero-order valence-corrected chi connectivity index (χ0v) is 26.4. The van der Waals surface area contributed by atoms with Gasteiger partial charge in [-0.25, -0.2) is 0 Å². The first-order valence-electron chi connectivity index (χ1n) is 16.0. The Morgan fingerprint density at radius 2 is 1.06 bits per heavy atom. The zero-order valence-electron chi connectivity index (χ0n) is 26.4. The third-order valence-corrected chi connectivity index (χ3v) is 9.87. The number of nitriles is 2. The molecule has 0 N–H and O–H groups in total. The monoisotopic (exact) mass is 616 g/mol. The van der Waals surface area contributed by atoms with E-state index in [2.05, 4.69) is 115 Å². The second kappa shape index (κ2) is 10.2. The lowest BCUT2D eigenvalue weighted by Gasteiger charge is -2.43. The molecule has 0 saturated carbocycles. The molecule has 2 heterocycles. The van der Waals surface area contributed by atoms with Gasteiger partial charge in [-0.2, -0.15) is 10.5 Å². The van der Waals surface area contributed by atoms with E-state index in [4.69, 9.17) is 4.74 Å². The molecule has 226 valence electrons. The molecule has 0 spiro atoms. The molecule has 5 heteroatoms. The molecule has 9 rings (SSSR count). The van der Waals surface area contributed by atoms with Gasteiger partial charge < -0.3 is 14.5 Å². The van der Waals surface area contributed by atoms with Gasteiger partial charge in [0.2, 0.25) is 0 Å². The Morgan fingerprint density at radius 1 is 0.500 bits per heavy atom. The minimum Gasteiger partial charge on any atom is -0.453 e. The van der Waals surface area contributed by atoms with E-state index in [1.807, 2.05) is 48.5 Å². The van der Waals surface area contributed by atoms with Crippen LogP contribution in [0.2, 0.25) is 0 Å². The molecule has 7 aromatic rings. The first-order valence-corrected chi connectivity index (χ1v) is 16.0. The van der Waals surface area contributed by atoms with Gasteiger partial charge in [0, 0.05) is 16.2 Å². The molecule has 0 fully saturated rings. The summed E-state index contributed by atoms with van der Waals surface area (Å²) in [5.74, 6) is 1.39. The Morgan fingerprint density at radius 3 is 1.77 bits per heavy atom. The standard InChI is InChI=1S/C43H28N4O/c1-43(2)33-15-7-8-16-35(33)46(41-31-13-5-3-11-27(31)19-21-34(41)43)37-24-38(30(26-45)23-29(37)25-44)47-36-17-9-10-18-39(36)48-40-22-20-28-12-4-6-14-32(28)42(40)47/h3-24H,1-2H3. The van der Waals surface area contributed by atoms with E-state index < -0.39 is 0 Å². The molecule has 0 radical (unpaired) electrons. The van der Waals surface area contributed by atoms with Gasteiger partial charge in [0.05, 0.1) is 45.3 Å². The molecule has 48 heavy (non-hydrogen) atoms. The first kappa shape index (κ1) is 27.7. The highest BCUT2D eigenvalue weighted by atomic mass is 16.5. The molecular weight excluding hydrogens is 589 g/mol. The van der Waals surface area contributed by atoms with Crippen LogP contribution in [0.15, 0.2) is 133 Å². The van der Waals surface area contributed by atoms with Crippen LogP contribution >= 0.6 is 0 Å². The molecule has 0 atom stereocenters. The van der Waals surface area contributed by atoms with Gasteiger partial charge in [-0.3, -0.25) is 0 Å². The van der Waals surface area contributed by atoms with Crippen molar-refractivity contribution in [1.82, 2.24) is 0 Å². The lowest BCUT2D eigenvalue weighted by Crippen LogP contribution is -2.31. The average molecular weight is 617 g/mol. The van der Waals surface area contributed by atoms with Crippen LogP contribution in [0.5, 0.6) is 11.5 Å². The van der Waals surface area contributed by atoms with E-state index in [-0.39, 0.29) is 5.41 Å².